The zero-order valence-electron chi connectivity index (χ0n) is 14.5. The van der Waals surface area contributed by atoms with Crippen LogP contribution in [0.5, 0.6) is 0 Å². The van der Waals surface area contributed by atoms with E-state index in [1.165, 1.54) is 10.1 Å². The van der Waals surface area contributed by atoms with E-state index in [0.29, 0.717) is 12.4 Å². The molecule has 4 nitrogen and oxygen atoms in total. The molecule has 0 saturated carbocycles. The van der Waals surface area contributed by atoms with Crippen molar-refractivity contribution in [2.75, 3.05) is 12.3 Å². The highest BCUT2D eigenvalue weighted by molar-refractivity contribution is 7.17. The Morgan fingerprint density at radius 3 is 2.78 bits per heavy atom. The van der Waals surface area contributed by atoms with Gasteiger partial charge in [0.1, 0.15) is 5.82 Å². The van der Waals surface area contributed by atoms with Gasteiger partial charge in [0.05, 0.1) is 0 Å². The van der Waals surface area contributed by atoms with Crippen LogP contribution in [0.25, 0.3) is 32.3 Å². The molecule has 2 aromatic heterocycles. The fourth-order valence-corrected chi connectivity index (χ4v) is 4.42. The third-order valence-electron chi connectivity index (χ3n) is 5.05. The number of hydrogen-bond acceptors (Lipinski definition) is 4. The lowest BCUT2D eigenvalue weighted by molar-refractivity contribution is 0.0946. The number of carbonyl (C=O) groups excluding carboxylic acids is 1. The quantitative estimate of drug-likeness (QED) is 0.545. The summed E-state index contributed by atoms with van der Waals surface area (Å²) < 4.78 is 1.26. The number of nitrogens with one attached hydrogen (secondary N) is 1. The maximum atomic E-state index is 12.0. The Hall–Kier alpha value is -3.18. The van der Waals surface area contributed by atoms with Gasteiger partial charge < -0.3 is 11.1 Å². The van der Waals surface area contributed by atoms with Crippen molar-refractivity contribution in [3.63, 3.8) is 0 Å². The number of anilines is 1. The van der Waals surface area contributed by atoms with Crippen molar-refractivity contribution in [1.29, 1.82) is 0 Å². The van der Waals surface area contributed by atoms with Gasteiger partial charge in [0, 0.05) is 34.1 Å². The minimum Gasteiger partial charge on any atom is -0.383 e. The molecule has 5 heteroatoms. The van der Waals surface area contributed by atoms with Crippen LogP contribution in [0.15, 0.2) is 60.1 Å². The SMILES string of the molecule is Nc1ncc(-c2ccc3ccsc3c2)cc1-c1ccc2c(c1)CCNC2=O. The lowest BCUT2D eigenvalue weighted by atomic mass is 9.94. The molecule has 5 rings (SSSR count). The highest BCUT2D eigenvalue weighted by Crippen LogP contribution is 2.33. The normalized spacial score (nSPS) is 13.4. The zero-order chi connectivity index (χ0) is 18.4. The summed E-state index contributed by atoms with van der Waals surface area (Å²) in [4.78, 5) is 16.4. The zero-order valence-corrected chi connectivity index (χ0v) is 15.3. The molecule has 3 N–H and O–H groups in total. The molecule has 0 saturated heterocycles. The van der Waals surface area contributed by atoms with Crippen molar-refractivity contribution in [2.24, 2.45) is 0 Å². The van der Waals surface area contributed by atoms with E-state index in [4.69, 9.17) is 5.73 Å². The molecule has 1 aliphatic heterocycles. The van der Waals surface area contributed by atoms with Crippen LogP contribution in [-0.4, -0.2) is 17.4 Å². The molecule has 27 heavy (non-hydrogen) atoms. The van der Waals surface area contributed by atoms with Crippen LogP contribution in [-0.2, 0) is 6.42 Å². The van der Waals surface area contributed by atoms with Gasteiger partial charge in [-0.25, -0.2) is 4.98 Å². The van der Waals surface area contributed by atoms with Crippen LogP contribution in [0.1, 0.15) is 15.9 Å². The standard InChI is InChI=1S/C22H17N3OS/c23-21-19(15-3-4-18-16(9-15)5-7-24-22(18)26)10-17(12-25-21)14-2-1-13-6-8-27-20(13)11-14/h1-4,6,8-12H,5,7H2,(H2,23,25)(H,24,26). The number of amides is 1. The summed E-state index contributed by atoms with van der Waals surface area (Å²) in [7, 11) is 0. The largest absolute Gasteiger partial charge is 0.383 e. The Morgan fingerprint density at radius 2 is 1.85 bits per heavy atom. The number of nitrogens with two attached hydrogens (primary N) is 1. The highest BCUT2D eigenvalue weighted by atomic mass is 32.1. The lowest BCUT2D eigenvalue weighted by Gasteiger charge is -2.18. The van der Waals surface area contributed by atoms with Gasteiger partial charge in [-0.3, -0.25) is 4.79 Å². The van der Waals surface area contributed by atoms with E-state index in [-0.39, 0.29) is 5.91 Å². The molecule has 0 aliphatic carbocycles. The third-order valence-corrected chi connectivity index (χ3v) is 5.93. The number of nitrogen functional groups attached to an aromatic ring is 1. The number of pyridine rings is 1. The molecule has 0 bridgehead atoms. The van der Waals surface area contributed by atoms with Gasteiger partial charge in [-0.1, -0.05) is 24.3 Å². The molecule has 4 aromatic rings. The maximum Gasteiger partial charge on any atom is 0.251 e. The van der Waals surface area contributed by atoms with Crippen LogP contribution < -0.4 is 11.1 Å². The average Bonchev–Trinajstić information content (AvgIpc) is 3.16. The molecule has 2 aromatic carbocycles. The molecule has 0 atom stereocenters. The van der Waals surface area contributed by atoms with Crippen molar-refractivity contribution in [3.05, 3.63) is 71.2 Å². The monoisotopic (exact) mass is 371 g/mol. The lowest BCUT2D eigenvalue weighted by Crippen LogP contribution is -2.31. The van der Waals surface area contributed by atoms with Crippen LogP contribution in [0.3, 0.4) is 0 Å². The number of carbonyl (C=O) groups is 1. The molecule has 3 heterocycles. The first-order valence-electron chi connectivity index (χ1n) is 8.84. The second-order valence-corrected chi connectivity index (χ2v) is 7.66. The van der Waals surface area contributed by atoms with Crippen LogP contribution in [0.4, 0.5) is 5.82 Å². The number of rotatable bonds is 2. The van der Waals surface area contributed by atoms with Crippen molar-refractivity contribution in [3.8, 4) is 22.3 Å². The Morgan fingerprint density at radius 1 is 0.963 bits per heavy atom. The topological polar surface area (TPSA) is 68.0 Å². The molecule has 1 aliphatic rings. The summed E-state index contributed by atoms with van der Waals surface area (Å²) in [5, 5.41) is 6.23. The van der Waals surface area contributed by atoms with Crippen molar-refractivity contribution in [2.45, 2.75) is 6.42 Å². The first kappa shape index (κ1) is 16.0. The van der Waals surface area contributed by atoms with Crippen LogP contribution in [0.2, 0.25) is 0 Å². The number of thiophene rings is 1. The summed E-state index contributed by atoms with van der Waals surface area (Å²) in [5.41, 5.74) is 12.0. The van der Waals surface area contributed by atoms with E-state index in [0.717, 1.165) is 39.8 Å². The third kappa shape index (κ3) is 2.76. The van der Waals surface area contributed by atoms with E-state index in [2.05, 4.69) is 52.1 Å². The van der Waals surface area contributed by atoms with Gasteiger partial charge in [-0.15, -0.1) is 11.3 Å². The second-order valence-electron chi connectivity index (χ2n) is 6.71. The fourth-order valence-electron chi connectivity index (χ4n) is 3.59. The van der Waals surface area contributed by atoms with E-state index < -0.39 is 0 Å². The average molecular weight is 371 g/mol. The maximum absolute atomic E-state index is 12.0. The van der Waals surface area contributed by atoms with Gasteiger partial charge in [-0.05, 0) is 58.1 Å². The molecule has 132 valence electrons. The molecule has 0 spiro atoms. The van der Waals surface area contributed by atoms with E-state index in [9.17, 15) is 4.79 Å². The van der Waals surface area contributed by atoms with Crippen molar-refractivity contribution < 1.29 is 4.79 Å². The predicted molar refractivity (Wildman–Crippen MR) is 111 cm³/mol. The van der Waals surface area contributed by atoms with Crippen molar-refractivity contribution in [1.82, 2.24) is 10.3 Å². The Labute approximate surface area is 160 Å². The minimum absolute atomic E-state index is 0.00750. The number of benzene rings is 2. The molecule has 0 radical (unpaired) electrons. The summed E-state index contributed by atoms with van der Waals surface area (Å²) in [6.45, 7) is 0.671. The van der Waals surface area contributed by atoms with Crippen LogP contribution >= 0.6 is 11.3 Å². The summed E-state index contributed by atoms with van der Waals surface area (Å²) in [6, 6.07) is 16.5. The second kappa shape index (κ2) is 6.21. The highest BCUT2D eigenvalue weighted by Gasteiger charge is 2.18. The number of aromatic nitrogens is 1. The molecule has 1 amide bonds. The Balaban J connectivity index is 1.60. The van der Waals surface area contributed by atoms with E-state index in [1.54, 1.807) is 11.3 Å². The molecule has 0 fully saturated rings. The van der Waals surface area contributed by atoms with Crippen LogP contribution in [0, 0.1) is 0 Å². The predicted octanol–water partition coefficient (Wildman–Crippen LogP) is 4.50. The molecular weight excluding hydrogens is 354 g/mol. The molecular formula is C22H17N3OS. The smallest absolute Gasteiger partial charge is 0.251 e. The van der Waals surface area contributed by atoms with Gasteiger partial charge in [0.15, 0.2) is 0 Å². The first-order chi connectivity index (χ1) is 13.2. The Kier molecular flexibility index (Phi) is 3.69. The summed E-state index contributed by atoms with van der Waals surface area (Å²) in [6.07, 6.45) is 2.65. The van der Waals surface area contributed by atoms with Crippen molar-refractivity contribution >= 4 is 33.1 Å². The first-order valence-corrected chi connectivity index (χ1v) is 9.72. The Bertz CT molecular complexity index is 1200. The van der Waals surface area contributed by atoms with Gasteiger partial charge in [0.2, 0.25) is 0 Å². The fraction of sp³-hybridized carbons (Fsp3) is 0.0909. The van der Waals surface area contributed by atoms with Gasteiger partial charge in [0.25, 0.3) is 5.91 Å². The van der Waals surface area contributed by atoms with Gasteiger partial charge in [-0.2, -0.15) is 0 Å². The molecule has 0 unspecified atom stereocenters. The summed E-state index contributed by atoms with van der Waals surface area (Å²) in [5.74, 6) is 0.489. The van der Waals surface area contributed by atoms with E-state index in [1.807, 2.05) is 18.3 Å². The number of nitrogens with zero attached hydrogens (tertiary/aromatic N) is 1. The van der Waals surface area contributed by atoms with Gasteiger partial charge >= 0.3 is 0 Å². The number of hydrogen-bond donors (Lipinski definition) is 2. The minimum atomic E-state index is -0.00750. The number of fused-ring (bicyclic) bond motifs is 2. The van der Waals surface area contributed by atoms with E-state index >= 15 is 0 Å². The summed E-state index contributed by atoms with van der Waals surface area (Å²) >= 11 is 1.73.